The van der Waals surface area contributed by atoms with Gasteiger partial charge < -0.3 is 14.8 Å². The molecule has 1 heterocycles. The molecule has 4 heteroatoms. The molecule has 0 radical (unpaired) electrons. The van der Waals surface area contributed by atoms with Crippen molar-refractivity contribution in [3.8, 4) is 5.75 Å². The van der Waals surface area contributed by atoms with Gasteiger partial charge in [0.25, 0.3) is 0 Å². The normalized spacial score (nSPS) is 23.3. The van der Waals surface area contributed by atoms with Gasteiger partial charge in [0.15, 0.2) is 0 Å². The number of nitrogens with one attached hydrogen (secondary N) is 1. The van der Waals surface area contributed by atoms with Crippen molar-refractivity contribution in [3.05, 3.63) is 28.2 Å². The highest BCUT2D eigenvalue weighted by molar-refractivity contribution is 9.10. The molecule has 1 aliphatic rings. The van der Waals surface area contributed by atoms with Crippen molar-refractivity contribution in [2.75, 3.05) is 20.2 Å². The molecule has 2 atom stereocenters. The van der Waals surface area contributed by atoms with Crippen molar-refractivity contribution in [2.45, 2.75) is 32.0 Å². The molecule has 0 amide bonds. The van der Waals surface area contributed by atoms with Crippen LogP contribution in [0.2, 0.25) is 0 Å². The quantitative estimate of drug-likeness (QED) is 0.906. The summed E-state index contributed by atoms with van der Waals surface area (Å²) in [5.74, 6) is 0.943. The minimum absolute atomic E-state index is 0.228. The number of ether oxygens (including phenoxy) is 2. The first-order chi connectivity index (χ1) is 8.69. The Bertz CT molecular complexity index is 397. The maximum atomic E-state index is 5.89. The number of rotatable bonds is 5. The lowest BCUT2D eigenvalue weighted by Crippen LogP contribution is -2.25. The maximum Gasteiger partial charge on any atom is 0.122 e. The van der Waals surface area contributed by atoms with Gasteiger partial charge in [0.1, 0.15) is 12.4 Å². The Hall–Kier alpha value is -0.580. The van der Waals surface area contributed by atoms with Gasteiger partial charge in [0, 0.05) is 11.0 Å². The first kappa shape index (κ1) is 13.8. The molecular weight excluding hydrogens is 294 g/mol. The number of halogens is 1. The van der Waals surface area contributed by atoms with Crippen LogP contribution in [0, 0.1) is 6.92 Å². The van der Waals surface area contributed by atoms with Crippen LogP contribution in [0.15, 0.2) is 22.7 Å². The van der Waals surface area contributed by atoms with E-state index in [4.69, 9.17) is 9.47 Å². The molecule has 1 aromatic carbocycles. The third-order valence-corrected chi connectivity index (χ3v) is 3.68. The maximum absolute atomic E-state index is 5.89. The number of aryl methyl sites for hydroxylation is 1. The van der Waals surface area contributed by atoms with Crippen LogP contribution in [0.5, 0.6) is 5.75 Å². The molecule has 0 aromatic heterocycles. The van der Waals surface area contributed by atoms with Gasteiger partial charge in [0.2, 0.25) is 0 Å². The highest BCUT2D eigenvalue weighted by atomic mass is 79.9. The van der Waals surface area contributed by atoms with E-state index in [0.29, 0.717) is 12.7 Å². The van der Waals surface area contributed by atoms with E-state index in [9.17, 15) is 0 Å². The van der Waals surface area contributed by atoms with E-state index < -0.39 is 0 Å². The zero-order valence-corrected chi connectivity index (χ0v) is 12.5. The molecule has 0 aliphatic carbocycles. The average Bonchev–Trinajstić information content (AvgIpc) is 2.76. The number of hydrogen-bond donors (Lipinski definition) is 1. The van der Waals surface area contributed by atoms with Crippen LogP contribution in [-0.2, 0) is 4.74 Å². The van der Waals surface area contributed by atoms with Crippen molar-refractivity contribution in [2.24, 2.45) is 0 Å². The monoisotopic (exact) mass is 313 g/mol. The molecule has 2 unspecified atom stereocenters. The lowest BCUT2D eigenvalue weighted by molar-refractivity contribution is 0.0192. The van der Waals surface area contributed by atoms with Crippen molar-refractivity contribution in [3.63, 3.8) is 0 Å². The molecule has 100 valence electrons. The first-order valence-corrected chi connectivity index (χ1v) is 7.17. The van der Waals surface area contributed by atoms with E-state index in [1.807, 2.05) is 19.2 Å². The Labute approximate surface area is 117 Å². The molecule has 0 spiro atoms. The zero-order chi connectivity index (χ0) is 13.0. The molecule has 0 bridgehead atoms. The molecule has 3 nitrogen and oxygen atoms in total. The van der Waals surface area contributed by atoms with Gasteiger partial charge in [-0.1, -0.05) is 15.9 Å². The summed E-state index contributed by atoms with van der Waals surface area (Å²) in [4.78, 5) is 0. The van der Waals surface area contributed by atoms with Gasteiger partial charge in [-0.2, -0.15) is 0 Å². The second-order valence-corrected chi connectivity index (χ2v) is 5.65. The van der Waals surface area contributed by atoms with Gasteiger partial charge in [0.05, 0.1) is 12.2 Å². The molecule has 18 heavy (non-hydrogen) atoms. The van der Waals surface area contributed by atoms with Crippen LogP contribution < -0.4 is 10.1 Å². The summed E-state index contributed by atoms with van der Waals surface area (Å²) in [7, 11) is 1.96. The Balaban J connectivity index is 1.81. The second kappa shape index (κ2) is 6.55. The van der Waals surface area contributed by atoms with Gasteiger partial charge in [-0.25, -0.2) is 0 Å². The van der Waals surface area contributed by atoms with Crippen molar-refractivity contribution < 1.29 is 9.47 Å². The second-order valence-electron chi connectivity index (χ2n) is 4.74. The smallest absolute Gasteiger partial charge is 0.122 e. The molecule has 1 saturated heterocycles. The average molecular weight is 314 g/mol. The van der Waals surface area contributed by atoms with Crippen molar-refractivity contribution in [1.82, 2.24) is 5.32 Å². The lowest BCUT2D eigenvalue weighted by Gasteiger charge is -2.15. The van der Waals surface area contributed by atoms with Crippen LogP contribution in [0.4, 0.5) is 0 Å². The van der Waals surface area contributed by atoms with E-state index in [0.717, 1.165) is 35.2 Å². The van der Waals surface area contributed by atoms with Gasteiger partial charge >= 0.3 is 0 Å². The predicted octanol–water partition coefficient (Wildman–Crippen LogP) is 2.90. The van der Waals surface area contributed by atoms with E-state index in [2.05, 4.69) is 34.2 Å². The minimum atomic E-state index is 0.228. The molecule has 2 rings (SSSR count). The molecule has 1 aromatic rings. The third kappa shape index (κ3) is 3.70. The van der Waals surface area contributed by atoms with Crippen LogP contribution in [0.25, 0.3) is 0 Å². The van der Waals surface area contributed by atoms with Crippen LogP contribution in [0.3, 0.4) is 0 Å². The fraction of sp³-hybridized carbons (Fsp3) is 0.571. The molecule has 0 saturated carbocycles. The lowest BCUT2D eigenvalue weighted by atomic mass is 10.2. The summed E-state index contributed by atoms with van der Waals surface area (Å²) < 4.78 is 12.8. The predicted molar refractivity (Wildman–Crippen MR) is 76.2 cm³/mol. The molecule has 1 N–H and O–H groups in total. The highest BCUT2D eigenvalue weighted by Gasteiger charge is 2.25. The first-order valence-electron chi connectivity index (χ1n) is 6.38. The fourth-order valence-corrected chi connectivity index (χ4v) is 2.71. The fourth-order valence-electron chi connectivity index (χ4n) is 2.24. The number of hydrogen-bond acceptors (Lipinski definition) is 3. The number of benzene rings is 1. The van der Waals surface area contributed by atoms with Crippen molar-refractivity contribution >= 4 is 15.9 Å². The van der Waals surface area contributed by atoms with Gasteiger partial charge in [-0.05, 0) is 50.6 Å². The summed E-state index contributed by atoms with van der Waals surface area (Å²) in [6.45, 7) is 3.62. The zero-order valence-electron chi connectivity index (χ0n) is 10.9. The summed E-state index contributed by atoms with van der Waals surface area (Å²) in [5.41, 5.74) is 1.15. The summed E-state index contributed by atoms with van der Waals surface area (Å²) >= 11 is 3.45. The van der Waals surface area contributed by atoms with Gasteiger partial charge in [-0.15, -0.1) is 0 Å². The van der Waals surface area contributed by atoms with E-state index >= 15 is 0 Å². The highest BCUT2D eigenvalue weighted by Crippen LogP contribution is 2.24. The van der Waals surface area contributed by atoms with E-state index in [1.165, 1.54) is 0 Å². The Morgan fingerprint density at radius 1 is 1.39 bits per heavy atom. The standard InChI is InChI=1S/C14H20BrNO2/c1-10-7-11(15)3-6-14(10)17-9-13-5-4-12(18-13)8-16-2/h3,6-7,12-13,16H,4-5,8-9H2,1-2H3. The Morgan fingerprint density at radius 3 is 2.89 bits per heavy atom. The van der Waals surface area contributed by atoms with Crippen LogP contribution in [0.1, 0.15) is 18.4 Å². The summed E-state index contributed by atoms with van der Waals surface area (Å²) in [5, 5.41) is 3.15. The largest absolute Gasteiger partial charge is 0.491 e. The van der Waals surface area contributed by atoms with Crippen molar-refractivity contribution in [1.29, 1.82) is 0 Å². The number of likely N-dealkylation sites (N-methyl/N-ethyl adjacent to an activating group) is 1. The van der Waals surface area contributed by atoms with E-state index in [1.54, 1.807) is 0 Å². The topological polar surface area (TPSA) is 30.5 Å². The molecule has 1 fully saturated rings. The Morgan fingerprint density at radius 2 is 2.17 bits per heavy atom. The third-order valence-electron chi connectivity index (χ3n) is 3.19. The SMILES string of the molecule is CNCC1CCC(COc2ccc(Br)cc2C)O1. The Kier molecular flexibility index (Phi) is 5.03. The van der Waals surface area contributed by atoms with Crippen LogP contribution >= 0.6 is 15.9 Å². The minimum Gasteiger partial charge on any atom is -0.491 e. The van der Waals surface area contributed by atoms with Crippen LogP contribution in [-0.4, -0.2) is 32.4 Å². The van der Waals surface area contributed by atoms with E-state index in [-0.39, 0.29) is 6.10 Å². The van der Waals surface area contributed by atoms with Gasteiger partial charge in [-0.3, -0.25) is 0 Å². The summed E-state index contributed by atoms with van der Waals surface area (Å²) in [6.07, 6.45) is 2.77. The molecular formula is C14H20BrNO2. The summed E-state index contributed by atoms with van der Waals surface area (Å²) in [6, 6.07) is 6.07. The molecule has 1 aliphatic heterocycles.